The molecule has 0 aliphatic heterocycles. The van der Waals surface area contributed by atoms with E-state index in [0.29, 0.717) is 37.0 Å². The maximum Gasteiger partial charge on any atom is 0.243 e. The molecule has 27 heavy (non-hydrogen) atoms. The van der Waals surface area contributed by atoms with Crippen molar-refractivity contribution in [1.29, 1.82) is 0 Å². The number of carbonyl (C=O) groups is 1. The highest BCUT2D eigenvalue weighted by Gasteiger charge is 2.07. The number of hydrogen-bond donors (Lipinski definition) is 2. The largest absolute Gasteiger partial charge is 0.491 e. The predicted octanol–water partition coefficient (Wildman–Crippen LogP) is 3.72. The average Bonchev–Trinajstić information content (AvgIpc) is 2.66. The van der Waals surface area contributed by atoms with Crippen LogP contribution in [0.5, 0.6) is 11.5 Å². The third-order valence-corrected chi connectivity index (χ3v) is 3.47. The third-order valence-electron chi connectivity index (χ3n) is 3.47. The lowest BCUT2D eigenvalue weighted by molar-refractivity contribution is -0.114. The number of rotatable bonds is 11. The van der Waals surface area contributed by atoms with Crippen LogP contribution >= 0.6 is 0 Å². The molecule has 0 aliphatic carbocycles. The van der Waals surface area contributed by atoms with Crippen LogP contribution in [0.3, 0.4) is 0 Å². The van der Waals surface area contributed by atoms with Crippen molar-refractivity contribution in [2.75, 3.05) is 44.1 Å². The van der Waals surface area contributed by atoms with E-state index < -0.39 is 0 Å². The molecule has 0 saturated carbocycles. The standard InChI is InChI=1S/C21H26N2O4/c1-16(2)15-27-20-10-5-4-9-19(20)22-14-21(24)23-17-7-6-8-18(13-17)26-12-11-25-3/h4-10,13,22H,1,11-12,14-15H2,2-3H3,(H,23,24). The number of ether oxygens (including phenoxy) is 3. The van der Waals surface area contributed by atoms with Crippen LogP contribution in [0.25, 0.3) is 0 Å². The van der Waals surface area contributed by atoms with E-state index in [1.165, 1.54) is 0 Å². The van der Waals surface area contributed by atoms with Gasteiger partial charge >= 0.3 is 0 Å². The van der Waals surface area contributed by atoms with E-state index in [1.54, 1.807) is 13.2 Å². The molecule has 0 heterocycles. The van der Waals surface area contributed by atoms with Crippen molar-refractivity contribution in [3.63, 3.8) is 0 Å². The number of methoxy groups -OCH3 is 1. The minimum absolute atomic E-state index is 0.113. The lowest BCUT2D eigenvalue weighted by Crippen LogP contribution is -2.22. The van der Waals surface area contributed by atoms with Crippen molar-refractivity contribution >= 4 is 17.3 Å². The van der Waals surface area contributed by atoms with Crippen molar-refractivity contribution < 1.29 is 19.0 Å². The zero-order valence-corrected chi connectivity index (χ0v) is 15.8. The highest BCUT2D eigenvalue weighted by atomic mass is 16.5. The average molecular weight is 370 g/mol. The summed E-state index contributed by atoms with van der Waals surface area (Å²) in [5, 5.41) is 5.94. The molecule has 144 valence electrons. The lowest BCUT2D eigenvalue weighted by atomic mass is 10.2. The number of para-hydroxylation sites is 2. The third kappa shape index (κ3) is 7.42. The fraction of sp³-hybridized carbons (Fsp3) is 0.286. The van der Waals surface area contributed by atoms with Gasteiger partial charge in [0.25, 0.3) is 0 Å². The van der Waals surface area contributed by atoms with Crippen LogP contribution in [0.2, 0.25) is 0 Å². The van der Waals surface area contributed by atoms with Crippen molar-refractivity contribution in [2.24, 2.45) is 0 Å². The van der Waals surface area contributed by atoms with Gasteiger partial charge in [0.05, 0.1) is 18.8 Å². The fourth-order valence-corrected chi connectivity index (χ4v) is 2.23. The smallest absolute Gasteiger partial charge is 0.243 e. The Bertz CT molecular complexity index is 761. The summed E-state index contributed by atoms with van der Waals surface area (Å²) in [7, 11) is 1.62. The number of nitrogens with one attached hydrogen (secondary N) is 2. The van der Waals surface area contributed by atoms with Crippen molar-refractivity contribution in [3.8, 4) is 11.5 Å². The zero-order valence-electron chi connectivity index (χ0n) is 15.8. The number of anilines is 2. The Kier molecular flexibility index (Phi) is 8.19. The summed E-state index contributed by atoms with van der Waals surface area (Å²) in [5.74, 6) is 1.19. The molecule has 2 N–H and O–H groups in total. The molecule has 2 rings (SSSR count). The predicted molar refractivity (Wildman–Crippen MR) is 108 cm³/mol. The number of benzene rings is 2. The van der Waals surface area contributed by atoms with Crippen LogP contribution in [0.15, 0.2) is 60.7 Å². The molecule has 0 fully saturated rings. The minimum atomic E-state index is -0.168. The number of hydrogen-bond acceptors (Lipinski definition) is 5. The molecule has 0 radical (unpaired) electrons. The van der Waals surface area contributed by atoms with Gasteiger partial charge in [0.2, 0.25) is 5.91 Å². The first-order valence-corrected chi connectivity index (χ1v) is 8.70. The first-order valence-electron chi connectivity index (χ1n) is 8.70. The van der Waals surface area contributed by atoms with Crippen LogP contribution in [0.1, 0.15) is 6.92 Å². The number of carbonyl (C=O) groups excluding carboxylic acids is 1. The topological polar surface area (TPSA) is 68.8 Å². The van der Waals surface area contributed by atoms with Gasteiger partial charge in [-0.05, 0) is 36.8 Å². The molecule has 0 unspecified atom stereocenters. The molecule has 2 aromatic carbocycles. The molecular weight excluding hydrogens is 344 g/mol. The Morgan fingerprint density at radius 3 is 2.67 bits per heavy atom. The van der Waals surface area contributed by atoms with Crippen molar-refractivity contribution in [2.45, 2.75) is 6.92 Å². The summed E-state index contributed by atoms with van der Waals surface area (Å²) in [6.45, 7) is 7.23. The summed E-state index contributed by atoms with van der Waals surface area (Å²) in [5.41, 5.74) is 2.35. The molecule has 0 saturated heterocycles. The van der Waals surface area contributed by atoms with E-state index in [4.69, 9.17) is 14.2 Å². The molecule has 6 nitrogen and oxygen atoms in total. The normalized spacial score (nSPS) is 10.1. The van der Waals surface area contributed by atoms with Crippen molar-refractivity contribution in [3.05, 3.63) is 60.7 Å². The zero-order chi connectivity index (χ0) is 19.5. The second-order valence-corrected chi connectivity index (χ2v) is 6.01. The Hall–Kier alpha value is -2.99. The summed E-state index contributed by atoms with van der Waals surface area (Å²) >= 11 is 0. The second-order valence-electron chi connectivity index (χ2n) is 6.01. The first kappa shape index (κ1) is 20.3. The molecule has 0 aliphatic rings. The van der Waals surface area contributed by atoms with Crippen LogP contribution in [0, 0.1) is 0 Å². The molecular formula is C21H26N2O4. The molecule has 2 aromatic rings. The maximum absolute atomic E-state index is 12.2. The Morgan fingerprint density at radius 1 is 1.07 bits per heavy atom. The summed E-state index contributed by atoms with van der Waals surface area (Å²) < 4.78 is 16.2. The van der Waals surface area contributed by atoms with Gasteiger partial charge in [-0.25, -0.2) is 0 Å². The van der Waals surface area contributed by atoms with Gasteiger partial charge in [-0.3, -0.25) is 4.79 Å². The summed E-state index contributed by atoms with van der Waals surface area (Å²) in [6, 6.07) is 14.7. The van der Waals surface area contributed by atoms with Crippen LogP contribution < -0.4 is 20.1 Å². The summed E-state index contributed by atoms with van der Waals surface area (Å²) in [4.78, 5) is 12.2. The van der Waals surface area contributed by atoms with Crippen molar-refractivity contribution in [1.82, 2.24) is 0 Å². The molecule has 0 spiro atoms. The minimum Gasteiger partial charge on any atom is -0.491 e. The monoisotopic (exact) mass is 370 g/mol. The van der Waals surface area contributed by atoms with E-state index in [0.717, 1.165) is 11.3 Å². The second kappa shape index (κ2) is 10.9. The van der Waals surface area contributed by atoms with Gasteiger partial charge in [0, 0.05) is 18.9 Å². The van der Waals surface area contributed by atoms with Gasteiger partial charge in [0.1, 0.15) is 24.7 Å². The molecule has 0 atom stereocenters. The van der Waals surface area contributed by atoms with Gasteiger partial charge < -0.3 is 24.8 Å². The summed E-state index contributed by atoms with van der Waals surface area (Å²) in [6.07, 6.45) is 0. The Labute approximate surface area is 160 Å². The van der Waals surface area contributed by atoms with Gasteiger partial charge in [-0.15, -0.1) is 0 Å². The number of amides is 1. The fourth-order valence-electron chi connectivity index (χ4n) is 2.23. The van der Waals surface area contributed by atoms with Crippen LogP contribution in [0.4, 0.5) is 11.4 Å². The van der Waals surface area contributed by atoms with E-state index in [1.807, 2.05) is 49.4 Å². The van der Waals surface area contributed by atoms with E-state index in [-0.39, 0.29) is 12.5 Å². The van der Waals surface area contributed by atoms with Gasteiger partial charge in [0.15, 0.2) is 0 Å². The SMILES string of the molecule is C=C(C)COc1ccccc1NCC(=O)Nc1cccc(OCCOC)c1. The molecule has 0 bridgehead atoms. The van der Waals surface area contributed by atoms with Gasteiger partial charge in [-0.2, -0.15) is 0 Å². The Balaban J connectivity index is 1.88. The highest BCUT2D eigenvalue weighted by Crippen LogP contribution is 2.24. The quantitative estimate of drug-likeness (QED) is 0.466. The lowest BCUT2D eigenvalue weighted by Gasteiger charge is -2.13. The van der Waals surface area contributed by atoms with E-state index in [2.05, 4.69) is 17.2 Å². The molecule has 0 aromatic heterocycles. The maximum atomic E-state index is 12.2. The first-order chi connectivity index (χ1) is 13.1. The van der Waals surface area contributed by atoms with Crippen LogP contribution in [-0.4, -0.2) is 39.4 Å². The van der Waals surface area contributed by atoms with Crippen LogP contribution in [-0.2, 0) is 9.53 Å². The highest BCUT2D eigenvalue weighted by molar-refractivity contribution is 5.94. The van der Waals surface area contributed by atoms with E-state index in [9.17, 15) is 4.79 Å². The Morgan fingerprint density at radius 2 is 1.89 bits per heavy atom. The van der Waals surface area contributed by atoms with E-state index >= 15 is 0 Å². The molecule has 1 amide bonds. The molecule has 6 heteroatoms. The van der Waals surface area contributed by atoms with Gasteiger partial charge in [-0.1, -0.05) is 24.8 Å².